The Hall–Kier alpha value is -2.10. The molecule has 1 aromatic heterocycles. The van der Waals surface area contributed by atoms with Gasteiger partial charge in [-0.15, -0.1) is 0 Å². The normalized spacial score (nSPS) is 12.3. The lowest BCUT2D eigenvalue weighted by Gasteiger charge is -2.25. The predicted molar refractivity (Wildman–Crippen MR) is 86.0 cm³/mol. The van der Waals surface area contributed by atoms with Crippen LogP contribution in [0.1, 0.15) is 37.6 Å². The first-order valence-corrected chi connectivity index (χ1v) is 7.44. The zero-order valence-electron chi connectivity index (χ0n) is 12.8. The van der Waals surface area contributed by atoms with Crippen LogP contribution in [0.15, 0.2) is 30.3 Å². The van der Waals surface area contributed by atoms with E-state index in [0.717, 1.165) is 30.8 Å². The van der Waals surface area contributed by atoms with Gasteiger partial charge < -0.3 is 10.0 Å². The van der Waals surface area contributed by atoms with Crippen molar-refractivity contribution in [3.63, 3.8) is 0 Å². The molecule has 0 saturated carbocycles. The number of hydrogen-bond acceptors (Lipinski definition) is 3. The zero-order valence-corrected chi connectivity index (χ0v) is 12.8. The maximum absolute atomic E-state index is 11.2. The van der Waals surface area contributed by atoms with Crippen molar-refractivity contribution in [1.29, 1.82) is 0 Å². The fraction of sp³-hybridized carbons (Fsp3) is 0.412. The maximum atomic E-state index is 11.2. The molecule has 1 atom stereocenters. The van der Waals surface area contributed by atoms with E-state index in [0.29, 0.717) is 16.9 Å². The fourth-order valence-electron chi connectivity index (χ4n) is 2.40. The van der Waals surface area contributed by atoms with E-state index in [1.54, 1.807) is 12.1 Å². The fourth-order valence-corrected chi connectivity index (χ4v) is 2.40. The van der Waals surface area contributed by atoms with E-state index in [1.807, 2.05) is 18.2 Å². The average Bonchev–Trinajstić information content (AvgIpc) is 2.50. The molecule has 4 heteroatoms. The minimum atomic E-state index is -0.915. The smallest absolute Gasteiger partial charge is 0.336 e. The molecule has 0 bridgehead atoms. The summed E-state index contributed by atoms with van der Waals surface area (Å²) in [5.41, 5.74) is 1.03. The van der Waals surface area contributed by atoms with Crippen LogP contribution in [0.5, 0.6) is 0 Å². The summed E-state index contributed by atoms with van der Waals surface area (Å²) < 4.78 is 0. The third-order valence-electron chi connectivity index (χ3n) is 3.88. The van der Waals surface area contributed by atoms with Gasteiger partial charge in [0.25, 0.3) is 0 Å². The van der Waals surface area contributed by atoms with Gasteiger partial charge in [0.15, 0.2) is 0 Å². The summed E-state index contributed by atoms with van der Waals surface area (Å²) in [5.74, 6) is 0.600. The molecule has 0 aliphatic carbocycles. The highest BCUT2D eigenvalue weighted by molar-refractivity contribution is 6.02. The lowest BCUT2D eigenvalue weighted by molar-refractivity contribution is 0.0699. The monoisotopic (exact) mass is 286 g/mol. The number of fused-ring (bicyclic) bond motifs is 1. The summed E-state index contributed by atoms with van der Waals surface area (Å²) in [4.78, 5) is 18.1. The Labute approximate surface area is 125 Å². The Morgan fingerprint density at radius 1 is 1.29 bits per heavy atom. The second-order valence-electron chi connectivity index (χ2n) is 5.40. The lowest BCUT2D eigenvalue weighted by atomic mass is 10.1. The molecule has 0 aliphatic rings. The second-order valence-corrected chi connectivity index (χ2v) is 5.40. The van der Waals surface area contributed by atoms with Crippen LogP contribution in [-0.2, 0) is 0 Å². The largest absolute Gasteiger partial charge is 0.478 e. The number of nitrogens with zero attached hydrogens (tertiary/aromatic N) is 2. The van der Waals surface area contributed by atoms with Crippen LogP contribution in [0.2, 0.25) is 0 Å². The van der Waals surface area contributed by atoms with Crippen LogP contribution in [0.25, 0.3) is 10.9 Å². The predicted octanol–water partition coefficient (Wildman–Crippen LogP) is 3.81. The van der Waals surface area contributed by atoms with E-state index in [9.17, 15) is 9.90 Å². The van der Waals surface area contributed by atoms with Crippen molar-refractivity contribution in [1.82, 2.24) is 4.98 Å². The van der Waals surface area contributed by atoms with Gasteiger partial charge in [0.2, 0.25) is 0 Å². The van der Waals surface area contributed by atoms with Crippen molar-refractivity contribution in [2.24, 2.45) is 5.92 Å². The van der Waals surface area contributed by atoms with Crippen LogP contribution in [0.4, 0.5) is 5.82 Å². The Morgan fingerprint density at radius 2 is 2.05 bits per heavy atom. The molecule has 0 radical (unpaired) electrons. The second kappa shape index (κ2) is 6.57. The number of carbonyl (C=O) groups is 1. The first kappa shape index (κ1) is 15.3. The van der Waals surface area contributed by atoms with Crippen LogP contribution < -0.4 is 4.90 Å². The van der Waals surface area contributed by atoms with E-state index in [1.165, 1.54) is 0 Å². The third-order valence-corrected chi connectivity index (χ3v) is 3.88. The van der Waals surface area contributed by atoms with Crippen molar-refractivity contribution in [3.05, 3.63) is 35.9 Å². The van der Waals surface area contributed by atoms with Gasteiger partial charge in [0.1, 0.15) is 5.82 Å². The standard InChI is InChI=1S/C17H22N2O2/c1-4-12(3)11-19(5-2)16-10-9-13-14(17(20)21)7-6-8-15(13)18-16/h6-10,12H,4-5,11H2,1-3H3,(H,20,21). The van der Waals surface area contributed by atoms with Gasteiger partial charge >= 0.3 is 5.97 Å². The molecule has 21 heavy (non-hydrogen) atoms. The van der Waals surface area contributed by atoms with Crippen molar-refractivity contribution in [2.45, 2.75) is 27.2 Å². The number of benzene rings is 1. The van der Waals surface area contributed by atoms with Crippen LogP contribution >= 0.6 is 0 Å². The van der Waals surface area contributed by atoms with E-state index in [2.05, 4.69) is 30.7 Å². The summed E-state index contributed by atoms with van der Waals surface area (Å²) in [6, 6.07) is 9.00. The summed E-state index contributed by atoms with van der Waals surface area (Å²) in [5, 5.41) is 9.91. The molecule has 1 heterocycles. The molecule has 0 aliphatic heterocycles. The topological polar surface area (TPSA) is 53.4 Å². The quantitative estimate of drug-likeness (QED) is 0.877. The van der Waals surface area contributed by atoms with Gasteiger partial charge in [0.05, 0.1) is 11.1 Å². The van der Waals surface area contributed by atoms with Crippen molar-refractivity contribution in [2.75, 3.05) is 18.0 Å². The van der Waals surface area contributed by atoms with Crippen molar-refractivity contribution in [3.8, 4) is 0 Å². The highest BCUT2D eigenvalue weighted by atomic mass is 16.4. The summed E-state index contributed by atoms with van der Waals surface area (Å²) >= 11 is 0. The van der Waals surface area contributed by atoms with Crippen LogP contribution in [-0.4, -0.2) is 29.1 Å². The number of anilines is 1. The number of rotatable bonds is 6. The first-order valence-electron chi connectivity index (χ1n) is 7.44. The molecule has 0 amide bonds. The Bertz CT molecular complexity index is 640. The third kappa shape index (κ3) is 3.32. The minimum Gasteiger partial charge on any atom is -0.478 e. The van der Waals surface area contributed by atoms with Gasteiger partial charge in [0, 0.05) is 18.5 Å². The Morgan fingerprint density at radius 3 is 2.67 bits per heavy atom. The first-order chi connectivity index (χ1) is 10.1. The maximum Gasteiger partial charge on any atom is 0.336 e. The molecule has 4 nitrogen and oxygen atoms in total. The molecular weight excluding hydrogens is 264 g/mol. The van der Waals surface area contributed by atoms with Gasteiger partial charge in [-0.05, 0) is 37.1 Å². The van der Waals surface area contributed by atoms with E-state index in [-0.39, 0.29) is 0 Å². The molecule has 2 rings (SSSR count). The van der Waals surface area contributed by atoms with Crippen LogP contribution in [0.3, 0.4) is 0 Å². The summed E-state index contributed by atoms with van der Waals surface area (Å²) in [6.07, 6.45) is 1.13. The van der Waals surface area contributed by atoms with Crippen molar-refractivity contribution >= 4 is 22.7 Å². The Balaban J connectivity index is 2.40. The minimum absolute atomic E-state index is 0.302. The van der Waals surface area contributed by atoms with Crippen LogP contribution in [0, 0.1) is 5.92 Å². The lowest BCUT2D eigenvalue weighted by Crippen LogP contribution is -2.28. The van der Waals surface area contributed by atoms with Gasteiger partial charge in [-0.25, -0.2) is 9.78 Å². The zero-order chi connectivity index (χ0) is 15.4. The highest BCUT2D eigenvalue weighted by Gasteiger charge is 2.13. The molecule has 1 aromatic carbocycles. The number of aromatic nitrogens is 1. The van der Waals surface area contributed by atoms with E-state index >= 15 is 0 Å². The molecular formula is C17H22N2O2. The van der Waals surface area contributed by atoms with E-state index in [4.69, 9.17) is 0 Å². The number of pyridine rings is 1. The highest BCUT2D eigenvalue weighted by Crippen LogP contribution is 2.22. The summed E-state index contributed by atoms with van der Waals surface area (Å²) in [6.45, 7) is 8.38. The molecule has 2 aromatic rings. The van der Waals surface area contributed by atoms with Gasteiger partial charge in [-0.2, -0.15) is 0 Å². The van der Waals surface area contributed by atoms with Crippen molar-refractivity contribution < 1.29 is 9.90 Å². The number of hydrogen-bond donors (Lipinski definition) is 1. The molecule has 0 fully saturated rings. The molecule has 1 unspecified atom stereocenters. The molecule has 112 valence electrons. The molecule has 0 saturated heterocycles. The average molecular weight is 286 g/mol. The SMILES string of the molecule is CCC(C)CN(CC)c1ccc2c(C(=O)O)cccc2n1. The number of carboxylic acid groups (broad SMARTS) is 1. The number of aromatic carboxylic acids is 1. The van der Waals surface area contributed by atoms with E-state index < -0.39 is 5.97 Å². The summed E-state index contributed by atoms with van der Waals surface area (Å²) in [7, 11) is 0. The van der Waals surface area contributed by atoms with Gasteiger partial charge in [-0.1, -0.05) is 26.3 Å². The molecule has 0 spiro atoms. The number of carboxylic acids is 1. The molecule has 1 N–H and O–H groups in total. The van der Waals surface area contributed by atoms with Gasteiger partial charge in [-0.3, -0.25) is 0 Å². The Kier molecular flexibility index (Phi) is 4.78.